The molecule has 0 spiro atoms. The van der Waals surface area contributed by atoms with Crippen LogP contribution in [-0.2, 0) is 7.05 Å². The van der Waals surface area contributed by atoms with Gasteiger partial charge in [-0.1, -0.05) is 12.1 Å². The molecule has 3 aromatic carbocycles. The van der Waals surface area contributed by atoms with E-state index in [1.807, 2.05) is 4.90 Å². The number of piperidine rings is 1. The summed E-state index contributed by atoms with van der Waals surface area (Å²) in [5.74, 6) is -3.03. The number of imidazole rings is 1. The van der Waals surface area contributed by atoms with Crippen LogP contribution in [-0.4, -0.2) is 38.5 Å². The van der Waals surface area contributed by atoms with E-state index in [0.717, 1.165) is 25.7 Å². The number of aromatic nitrogens is 2. The Morgan fingerprint density at radius 1 is 1.00 bits per heavy atom. The summed E-state index contributed by atoms with van der Waals surface area (Å²) in [6.45, 7) is 0. The highest BCUT2D eigenvalue weighted by molar-refractivity contribution is 5.99. The first-order valence-electron chi connectivity index (χ1n) is 12.5. The number of fused-ring (bicyclic) bond motifs is 3. The molecule has 0 radical (unpaired) electrons. The van der Waals surface area contributed by atoms with Gasteiger partial charge in [0.05, 0.1) is 17.4 Å². The van der Waals surface area contributed by atoms with E-state index in [1.165, 1.54) is 35.2 Å². The number of aryl methyl sites for hydroxylation is 1. The number of amides is 1. The zero-order valence-corrected chi connectivity index (χ0v) is 20.6. The number of hydrogen-bond acceptors (Lipinski definition) is 4. The van der Waals surface area contributed by atoms with Gasteiger partial charge in [-0.05, 0) is 72.7 Å². The standard InChI is InChI=1S/C29H24F3N5O/c1-36-14-35-25-12-23(26(31)27(32)28(25)36)21-7-4-16(8-22(21)15-2-3-17(13-33)24(30)9-15)29(38)37-19-5-6-20(37)11-18(34)10-19/h2-4,7-9,12,14,18-20H,5-6,10-11,34H2,1H3. The molecule has 192 valence electrons. The molecule has 1 aromatic heterocycles. The number of rotatable bonds is 3. The van der Waals surface area contributed by atoms with Gasteiger partial charge in [-0.25, -0.2) is 18.2 Å². The minimum Gasteiger partial charge on any atom is -0.333 e. The Kier molecular flexibility index (Phi) is 5.73. The molecule has 2 fully saturated rings. The van der Waals surface area contributed by atoms with Crippen LogP contribution in [0.2, 0.25) is 0 Å². The maximum Gasteiger partial charge on any atom is 0.254 e. The van der Waals surface area contributed by atoms with Gasteiger partial charge in [0, 0.05) is 36.3 Å². The summed E-state index contributed by atoms with van der Waals surface area (Å²) in [4.78, 5) is 19.7. The molecule has 0 saturated carbocycles. The molecule has 2 N–H and O–H groups in total. The monoisotopic (exact) mass is 515 g/mol. The van der Waals surface area contributed by atoms with Crippen LogP contribution in [0.4, 0.5) is 13.2 Å². The van der Waals surface area contributed by atoms with E-state index in [9.17, 15) is 9.18 Å². The lowest BCUT2D eigenvalue weighted by molar-refractivity contribution is 0.0575. The second kappa shape index (κ2) is 8.99. The summed E-state index contributed by atoms with van der Waals surface area (Å²) < 4.78 is 46.6. The number of hydrogen-bond donors (Lipinski definition) is 1. The second-order valence-electron chi connectivity index (χ2n) is 10.2. The Labute approximate surface area is 217 Å². The van der Waals surface area contributed by atoms with E-state index in [-0.39, 0.29) is 51.8 Å². The van der Waals surface area contributed by atoms with Crippen molar-refractivity contribution < 1.29 is 18.0 Å². The van der Waals surface area contributed by atoms with Crippen LogP contribution < -0.4 is 5.73 Å². The zero-order chi connectivity index (χ0) is 26.7. The van der Waals surface area contributed by atoms with Gasteiger partial charge in [-0.2, -0.15) is 5.26 Å². The van der Waals surface area contributed by atoms with E-state index in [0.29, 0.717) is 16.7 Å². The Morgan fingerprint density at radius 3 is 2.42 bits per heavy atom. The van der Waals surface area contributed by atoms with Crippen molar-refractivity contribution in [2.75, 3.05) is 0 Å². The van der Waals surface area contributed by atoms with E-state index in [1.54, 1.807) is 31.3 Å². The molecule has 2 aliphatic heterocycles. The van der Waals surface area contributed by atoms with Gasteiger partial charge in [0.25, 0.3) is 5.91 Å². The smallest absolute Gasteiger partial charge is 0.254 e. The third-order valence-corrected chi connectivity index (χ3v) is 7.84. The summed E-state index contributed by atoms with van der Waals surface area (Å²) in [5, 5.41) is 9.17. The fourth-order valence-corrected chi connectivity index (χ4v) is 6.06. The van der Waals surface area contributed by atoms with Gasteiger partial charge in [0.15, 0.2) is 11.6 Å². The van der Waals surface area contributed by atoms with Crippen molar-refractivity contribution >= 4 is 16.9 Å². The molecule has 3 heterocycles. The first-order valence-corrected chi connectivity index (χ1v) is 12.5. The normalized spacial score (nSPS) is 20.6. The summed E-state index contributed by atoms with van der Waals surface area (Å²) in [5.41, 5.74) is 7.58. The summed E-state index contributed by atoms with van der Waals surface area (Å²) in [7, 11) is 1.57. The van der Waals surface area contributed by atoms with Crippen LogP contribution >= 0.6 is 0 Å². The molecule has 9 heteroatoms. The molecular formula is C29H24F3N5O. The average molecular weight is 516 g/mol. The van der Waals surface area contributed by atoms with Gasteiger partial charge in [0.1, 0.15) is 17.4 Å². The molecule has 0 aliphatic carbocycles. The largest absolute Gasteiger partial charge is 0.333 e. The maximum atomic E-state index is 15.4. The van der Waals surface area contributed by atoms with Crippen molar-refractivity contribution in [2.45, 2.75) is 43.8 Å². The molecule has 38 heavy (non-hydrogen) atoms. The molecule has 4 aromatic rings. The van der Waals surface area contributed by atoms with Crippen LogP contribution in [0.25, 0.3) is 33.3 Å². The lowest BCUT2D eigenvalue weighted by Crippen LogP contribution is -2.50. The van der Waals surface area contributed by atoms with Crippen molar-refractivity contribution in [1.82, 2.24) is 14.5 Å². The van der Waals surface area contributed by atoms with Crippen LogP contribution in [0.15, 0.2) is 48.8 Å². The van der Waals surface area contributed by atoms with Crippen LogP contribution in [0, 0.1) is 28.8 Å². The van der Waals surface area contributed by atoms with Crippen LogP contribution in [0.5, 0.6) is 0 Å². The highest BCUT2D eigenvalue weighted by Crippen LogP contribution is 2.40. The first kappa shape index (κ1) is 24.2. The Hall–Kier alpha value is -4.16. The predicted octanol–water partition coefficient (Wildman–Crippen LogP) is 5.29. The Bertz CT molecular complexity index is 1640. The Balaban J connectivity index is 1.52. The number of nitrogens with two attached hydrogens (primary N) is 1. The van der Waals surface area contributed by atoms with Crippen molar-refractivity contribution in [1.29, 1.82) is 5.26 Å². The molecule has 1 amide bonds. The summed E-state index contributed by atoms with van der Waals surface area (Å²) >= 11 is 0. The highest BCUT2D eigenvalue weighted by Gasteiger charge is 2.42. The third-order valence-electron chi connectivity index (χ3n) is 7.84. The molecule has 6 rings (SSSR count). The number of carbonyl (C=O) groups is 1. The van der Waals surface area contributed by atoms with Gasteiger partial charge in [0.2, 0.25) is 0 Å². The fraction of sp³-hybridized carbons (Fsp3) is 0.276. The van der Waals surface area contributed by atoms with E-state index in [2.05, 4.69) is 4.98 Å². The molecule has 2 unspecified atom stereocenters. The topological polar surface area (TPSA) is 87.9 Å². The van der Waals surface area contributed by atoms with Gasteiger partial charge in [-0.15, -0.1) is 0 Å². The van der Waals surface area contributed by atoms with Gasteiger partial charge >= 0.3 is 0 Å². The van der Waals surface area contributed by atoms with E-state index < -0.39 is 17.5 Å². The average Bonchev–Trinajstić information content (AvgIpc) is 3.41. The second-order valence-corrected chi connectivity index (χ2v) is 10.2. The van der Waals surface area contributed by atoms with Crippen molar-refractivity contribution in [3.05, 3.63) is 77.4 Å². The number of carbonyl (C=O) groups excluding carboxylic acids is 1. The number of halogens is 3. The SMILES string of the molecule is Cn1cnc2cc(-c3ccc(C(=O)N4C5CCC4CC(N)C5)cc3-c3ccc(C#N)c(F)c3)c(F)c(F)c21. The first-order chi connectivity index (χ1) is 18.3. The van der Waals surface area contributed by atoms with E-state index >= 15 is 8.78 Å². The number of nitriles is 1. The quantitative estimate of drug-likeness (QED) is 0.402. The lowest BCUT2D eigenvalue weighted by atomic mass is 9.90. The highest BCUT2D eigenvalue weighted by atomic mass is 19.2. The molecule has 2 aliphatic rings. The number of benzene rings is 3. The molecular weight excluding hydrogens is 491 g/mol. The van der Waals surface area contributed by atoms with Crippen molar-refractivity contribution in [3.8, 4) is 28.3 Å². The summed E-state index contributed by atoms with van der Waals surface area (Å²) in [6, 6.07) is 12.2. The van der Waals surface area contributed by atoms with Gasteiger partial charge in [-0.3, -0.25) is 4.79 Å². The van der Waals surface area contributed by atoms with Gasteiger partial charge < -0.3 is 15.2 Å². The molecule has 2 atom stereocenters. The maximum absolute atomic E-state index is 15.4. The van der Waals surface area contributed by atoms with E-state index in [4.69, 9.17) is 11.0 Å². The number of nitrogens with zero attached hydrogens (tertiary/aromatic N) is 4. The van der Waals surface area contributed by atoms with Crippen LogP contribution in [0.3, 0.4) is 0 Å². The minimum absolute atomic E-state index is 0.0304. The zero-order valence-electron chi connectivity index (χ0n) is 20.6. The molecule has 6 nitrogen and oxygen atoms in total. The lowest BCUT2D eigenvalue weighted by Gasteiger charge is -2.38. The van der Waals surface area contributed by atoms with Crippen molar-refractivity contribution in [3.63, 3.8) is 0 Å². The minimum atomic E-state index is -1.07. The predicted molar refractivity (Wildman–Crippen MR) is 136 cm³/mol. The fourth-order valence-electron chi connectivity index (χ4n) is 6.06. The van der Waals surface area contributed by atoms with Crippen LogP contribution in [0.1, 0.15) is 41.6 Å². The summed E-state index contributed by atoms with van der Waals surface area (Å²) in [6.07, 6.45) is 4.66. The van der Waals surface area contributed by atoms with Crippen molar-refractivity contribution in [2.24, 2.45) is 12.8 Å². The molecule has 2 saturated heterocycles. The third kappa shape index (κ3) is 3.75. The Morgan fingerprint density at radius 2 is 1.74 bits per heavy atom. The molecule has 2 bridgehead atoms.